The van der Waals surface area contributed by atoms with Crippen LogP contribution in [0.2, 0.25) is 0 Å². The van der Waals surface area contributed by atoms with Crippen molar-refractivity contribution in [3.63, 3.8) is 0 Å². The van der Waals surface area contributed by atoms with E-state index in [1.165, 1.54) is 62.4 Å². The Kier molecular flexibility index (Phi) is 10.9. The molecule has 9 nitrogen and oxygen atoms in total. The number of rotatable bonds is 11. The van der Waals surface area contributed by atoms with Gasteiger partial charge in [-0.3, -0.25) is 14.4 Å². The lowest BCUT2D eigenvalue weighted by Crippen LogP contribution is -2.17. The molecule has 0 N–H and O–H groups in total. The normalized spacial score (nSPS) is 10.8. The van der Waals surface area contributed by atoms with Crippen molar-refractivity contribution in [1.82, 2.24) is 0 Å². The molecule has 0 saturated heterocycles. The summed E-state index contributed by atoms with van der Waals surface area (Å²) in [6, 6.07) is 8.34. The third-order valence-corrected chi connectivity index (χ3v) is 5.10. The summed E-state index contributed by atoms with van der Waals surface area (Å²) in [5.41, 5.74) is 0.709. The maximum Gasteiger partial charge on any atom is 0.338 e. The van der Waals surface area contributed by atoms with Gasteiger partial charge in [0.2, 0.25) is 0 Å². The van der Waals surface area contributed by atoms with E-state index >= 15 is 0 Å². The fraction of sp³-hybridized carbons (Fsp3) is 0.258. The number of ketones is 1. The molecule has 2 aromatic rings. The molecule has 40 heavy (non-hydrogen) atoms. The molecule has 0 atom stereocenters. The lowest BCUT2D eigenvalue weighted by Gasteiger charge is -2.13. The largest absolute Gasteiger partial charge is 0.426 e. The minimum Gasteiger partial charge on any atom is -0.426 e. The Labute approximate surface area is 233 Å². The molecule has 2 rings (SSSR count). The average Bonchev–Trinajstić information content (AvgIpc) is 2.87. The fourth-order valence-corrected chi connectivity index (χ4v) is 2.75. The van der Waals surface area contributed by atoms with Crippen LogP contribution in [0.25, 0.3) is 6.08 Å². The van der Waals surface area contributed by atoms with E-state index in [9.17, 15) is 24.0 Å². The van der Waals surface area contributed by atoms with Gasteiger partial charge >= 0.3 is 23.9 Å². The Bertz CT molecular complexity index is 1390. The van der Waals surface area contributed by atoms with Crippen molar-refractivity contribution in [2.24, 2.45) is 11.8 Å². The molecule has 0 spiro atoms. The van der Waals surface area contributed by atoms with E-state index < -0.39 is 41.5 Å². The van der Waals surface area contributed by atoms with E-state index in [1.807, 2.05) is 0 Å². The number of carbonyl (C=O) groups is 5. The third kappa shape index (κ3) is 8.90. The summed E-state index contributed by atoms with van der Waals surface area (Å²) in [7, 11) is 0. The maximum atomic E-state index is 13.2. The molecule has 0 aliphatic carbocycles. The van der Waals surface area contributed by atoms with Crippen LogP contribution in [0.1, 0.15) is 57.5 Å². The van der Waals surface area contributed by atoms with Gasteiger partial charge < -0.3 is 18.9 Å². The predicted octanol–water partition coefficient (Wildman–Crippen LogP) is 5.67. The highest BCUT2D eigenvalue weighted by molar-refractivity contribution is 6.09. The molecule has 0 aliphatic heterocycles. The highest BCUT2D eigenvalue weighted by Crippen LogP contribution is 2.30. The zero-order valence-electron chi connectivity index (χ0n) is 23.4. The van der Waals surface area contributed by atoms with Crippen molar-refractivity contribution >= 4 is 35.7 Å². The molecule has 0 amide bonds. The zero-order valence-corrected chi connectivity index (χ0v) is 23.4. The molecule has 0 saturated carbocycles. The minimum atomic E-state index is -0.680. The number of ether oxygens (including phenoxy) is 4. The minimum absolute atomic E-state index is 0.0214. The van der Waals surface area contributed by atoms with Crippen LogP contribution in [0.5, 0.6) is 23.0 Å². The molecule has 0 radical (unpaired) electrons. The Morgan fingerprint density at radius 2 is 1.12 bits per heavy atom. The van der Waals surface area contributed by atoms with Gasteiger partial charge in [-0.1, -0.05) is 40.9 Å². The first-order chi connectivity index (χ1) is 18.7. The Morgan fingerprint density at radius 1 is 0.675 bits per heavy atom. The van der Waals surface area contributed by atoms with E-state index in [0.29, 0.717) is 5.56 Å². The Balaban J connectivity index is 2.46. The molecule has 0 unspecified atom stereocenters. The first kappa shape index (κ1) is 31.4. The second kappa shape index (κ2) is 13.8. The van der Waals surface area contributed by atoms with Gasteiger partial charge in [0, 0.05) is 28.8 Å². The molecule has 0 bridgehead atoms. The molecule has 2 aromatic carbocycles. The molecule has 210 valence electrons. The summed E-state index contributed by atoms with van der Waals surface area (Å²) in [5.74, 6) is -3.82. The topological polar surface area (TPSA) is 122 Å². The van der Waals surface area contributed by atoms with Gasteiger partial charge in [0.1, 0.15) is 23.0 Å². The molecule has 0 fully saturated rings. The highest BCUT2D eigenvalue weighted by Gasteiger charge is 2.19. The molecule has 0 aromatic heterocycles. The number of carbonyl (C=O) groups excluding carboxylic acids is 5. The van der Waals surface area contributed by atoms with E-state index in [4.69, 9.17) is 18.9 Å². The van der Waals surface area contributed by atoms with Gasteiger partial charge in [-0.05, 0) is 50.3 Å². The summed E-state index contributed by atoms with van der Waals surface area (Å²) >= 11 is 0. The zero-order chi connectivity index (χ0) is 30.1. The van der Waals surface area contributed by atoms with Crippen LogP contribution >= 0.6 is 0 Å². The van der Waals surface area contributed by atoms with Crippen LogP contribution in [0, 0.1) is 11.8 Å². The van der Waals surface area contributed by atoms with Crippen LogP contribution in [-0.4, -0.2) is 29.7 Å². The first-order valence-corrected chi connectivity index (χ1v) is 12.4. The predicted molar refractivity (Wildman–Crippen MR) is 148 cm³/mol. The van der Waals surface area contributed by atoms with Crippen LogP contribution in [0.3, 0.4) is 0 Å². The number of hydrogen-bond acceptors (Lipinski definition) is 9. The summed E-state index contributed by atoms with van der Waals surface area (Å²) in [4.78, 5) is 61.6. The van der Waals surface area contributed by atoms with E-state index in [0.717, 1.165) is 0 Å². The molecular weight excluding hydrogens is 516 g/mol. The first-order valence-electron chi connectivity index (χ1n) is 12.4. The van der Waals surface area contributed by atoms with Crippen LogP contribution < -0.4 is 18.9 Å². The van der Waals surface area contributed by atoms with E-state index in [1.54, 1.807) is 27.7 Å². The lowest BCUT2D eigenvalue weighted by atomic mass is 10.1. The lowest BCUT2D eigenvalue weighted by molar-refractivity contribution is -0.138. The SMILES string of the molecule is C=C(C)C(=O)Oc1ccc(/C=C/C(=O)c2ccc(OC(=O)C(=C)C)cc2OC(=O)C(C)C)c(OC(=O)C(C)C)c1. The average molecular weight is 549 g/mol. The Hall–Kier alpha value is -4.79. The fourth-order valence-electron chi connectivity index (χ4n) is 2.75. The third-order valence-electron chi connectivity index (χ3n) is 5.10. The van der Waals surface area contributed by atoms with Crippen molar-refractivity contribution < 1.29 is 42.9 Å². The molecule has 0 heterocycles. The van der Waals surface area contributed by atoms with Crippen LogP contribution in [0.4, 0.5) is 0 Å². The van der Waals surface area contributed by atoms with E-state index in [-0.39, 0.29) is 39.7 Å². The van der Waals surface area contributed by atoms with Gasteiger partial charge in [0.25, 0.3) is 0 Å². The van der Waals surface area contributed by atoms with Crippen molar-refractivity contribution in [2.75, 3.05) is 0 Å². The van der Waals surface area contributed by atoms with Crippen molar-refractivity contribution in [3.8, 4) is 23.0 Å². The summed E-state index contributed by atoms with van der Waals surface area (Å²) < 4.78 is 21.3. The number of hydrogen-bond donors (Lipinski definition) is 0. The summed E-state index contributed by atoms with van der Waals surface area (Å²) in [6.45, 7) is 16.6. The smallest absolute Gasteiger partial charge is 0.338 e. The molecule has 0 aliphatic rings. The maximum absolute atomic E-state index is 13.2. The van der Waals surface area contributed by atoms with Crippen molar-refractivity contribution in [3.05, 3.63) is 77.9 Å². The quantitative estimate of drug-likeness (QED) is 0.151. The second-order valence-corrected chi connectivity index (χ2v) is 9.55. The number of esters is 4. The molecular formula is C31H32O9. The number of benzene rings is 2. The summed E-state index contributed by atoms with van der Waals surface area (Å²) in [5, 5.41) is 0. The Morgan fingerprint density at radius 3 is 1.60 bits per heavy atom. The van der Waals surface area contributed by atoms with Gasteiger partial charge in [-0.2, -0.15) is 0 Å². The van der Waals surface area contributed by atoms with Gasteiger partial charge in [0.05, 0.1) is 17.4 Å². The van der Waals surface area contributed by atoms with Gasteiger partial charge in [0.15, 0.2) is 5.78 Å². The van der Waals surface area contributed by atoms with E-state index in [2.05, 4.69) is 13.2 Å². The molecule has 9 heteroatoms. The standard InChI is InChI=1S/C31H32O9/c1-17(2)28(33)37-22-11-9-21(26(15-22)39-30(35)19(5)6)10-14-25(32)24-13-12-23(38-29(34)18(3)4)16-27(24)40-31(36)20(7)8/h9-16,19-20H,1,3H2,2,4-8H3/b14-10+. The highest BCUT2D eigenvalue weighted by atomic mass is 16.6. The van der Waals surface area contributed by atoms with Gasteiger partial charge in [-0.25, -0.2) is 9.59 Å². The van der Waals surface area contributed by atoms with Crippen LogP contribution in [-0.2, 0) is 19.2 Å². The monoisotopic (exact) mass is 548 g/mol. The summed E-state index contributed by atoms with van der Waals surface area (Å²) in [6.07, 6.45) is 2.60. The van der Waals surface area contributed by atoms with Crippen LogP contribution in [0.15, 0.2) is 66.8 Å². The van der Waals surface area contributed by atoms with Gasteiger partial charge in [-0.15, -0.1) is 0 Å². The van der Waals surface area contributed by atoms with Crippen molar-refractivity contribution in [1.29, 1.82) is 0 Å². The second-order valence-electron chi connectivity index (χ2n) is 9.55. The van der Waals surface area contributed by atoms with Crippen molar-refractivity contribution in [2.45, 2.75) is 41.5 Å². The number of allylic oxidation sites excluding steroid dienone is 1.